The summed E-state index contributed by atoms with van der Waals surface area (Å²) in [4.78, 5) is 74.2. The van der Waals surface area contributed by atoms with E-state index in [9.17, 15) is 29.1 Å². The Kier molecular flexibility index (Phi) is 16.9. The Labute approximate surface area is 324 Å². The van der Waals surface area contributed by atoms with Crippen LogP contribution < -0.4 is 16.4 Å². The third-order valence-electron chi connectivity index (χ3n) is 10.7. The number of nitrogens with two attached hydrogens (primary N) is 1. The monoisotopic (exact) mass is 770 g/mol. The van der Waals surface area contributed by atoms with Crippen LogP contribution in [0, 0.1) is 23.7 Å². The molecule has 0 saturated carbocycles. The molecule has 13 nitrogen and oxygen atoms in total. The number of piperidine rings is 1. The fourth-order valence-corrected chi connectivity index (χ4v) is 7.91. The van der Waals surface area contributed by atoms with Crippen molar-refractivity contribution < 1.29 is 33.8 Å². The zero-order valence-electron chi connectivity index (χ0n) is 33.5. The maximum absolute atomic E-state index is 14.5. The summed E-state index contributed by atoms with van der Waals surface area (Å²) in [7, 11) is 1.95. The van der Waals surface area contributed by atoms with Gasteiger partial charge in [0.1, 0.15) is 16.7 Å². The Morgan fingerprint density at radius 1 is 1.07 bits per heavy atom. The fraction of sp³-hybridized carbons (Fsp3) is 0.650. The summed E-state index contributed by atoms with van der Waals surface area (Å²) in [6, 6.07) is 5.26. The number of anilines is 1. The number of nitrogen functional groups attached to an aromatic ring is 1. The molecule has 0 aliphatic carbocycles. The van der Waals surface area contributed by atoms with E-state index < -0.39 is 48.0 Å². The summed E-state index contributed by atoms with van der Waals surface area (Å²) in [5.74, 6) is -2.76. The number of carboxylic acids is 1. The molecule has 1 aliphatic rings. The van der Waals surface area contributed by atoms with E-state index in [4.69, 9.17) is 10.5 Å². The van der Waals surface area contributed by atoms with Gasteiger partial charge in [-0.25, -0.2) is 4.98 Å². The van der Waals surface area contributed by atoms with E-state index in [-0.39, 0.29) is 48.2 Å². The quantitative estimate of drug-likeness (QED) is 0.108. The predicted molar refractivity (Wildman–Crippen MR) is 211 cm³/mol. The standard InChI is InChI=1S/C40H62N6O7S/c1-10-25(6)35(44-37(49)33-18-24(5)16-17-45(33)9)39(50)46(11-2)32(23(3)4)21-34(53-27(8)47)38-43-31(22-54-38)36(48)42-30(19-26(7)40(51)52)20-28-12-14-29(41)15-13-28/h12-15,22-26,30,32-35H,10-11,16-21,41H2,1-9H3,(H,42,48)(H,44,49)(H,51,52)/t24-,25+,26+,30-,32-,33-,34-,35+/m1/s1. The Morgan fingerprint density at radius 2 is 1.74 bits per heavy atom. The van der Waals surface area contributed by atoms with Crippen molar-refractivity contribution in [1.82, 2.24) is 25.4 Å². The van der Waals surface area contributed by atoms with Gasteiger partial charge in [-0.1, -0.05) is 60.1 Å². The minimum atomic E-state index is -0.963. The number of esters is 1. The summed E-state index contributed by atoms with van der Waals surface area (Å²) in [5.41, 5.74) is 7.44. The molecule has 1 aromatic carbocycles. The number of benzene rings is 1. The minimum Gasteiger partial charge on any atom is -0.481 e. The molecule has 1 fully saturated rings. The van der Waals surface area contributed by atoms with Crippen molar-refractivity contribution in [2.75, 3.05) is 25.9 Å². The first-order valence-electron chi connectivity index (χ1n) is 19.3. The van der Waals surface area contributed by atoms with E-state index in [1.807, 2.05) is 53.8 Å². The van der Waals surface area contributed by atoms with Crippen molar-refractivity contribution in [3.05, 3.63) is 45.9 Å². The van der Waals surface area contributed by atoms with Crippen LogP contribution in [-0.2, 0) is 30.3 Å². The lowest BCUT2D eigenvalue weighted by molar-refractivity contribution is -0.149. The molecule has 0 spiro atoms. The van der Waals surface area contributed by atoms with E-state index in [2.05, 4.69) is 27.4 Å². The summed E-state index contributed by atoms with van der Waals surface area (Å²) in [6.07, 6.45) is 2.42. The Bertz CT molecular complexity index is 1570. The van der Waals surface area contributed by atoms with Gasteiger partial charge in [0.05, 0.1) is 12.0 Å². The van der Waals surface area contributed by atoms with Crippen LogP contribution in [-0.4, -0.2) is 93.9 Å². The van der Waals surface area contributed by atoms with Gasteiger partial charge in [0.25, 0.3) is 5.91 Å². The van der Waals surface area contributed by atoms with Gasteiger partial charge in [-0.3, -0.25) is 28.9 Å². The topological polar surface area (TPSA) is 184 Å². The molecule has 300 valence electrons. The predicted octanol–water partition coefficient (Wildman–Crippen LogP) is 5.31. The molecule has 0 radical (unpaired) electrons. The van der Waals surface area contributed by atoms with Gasteiger partial charge in [0.15, 0.2) is 6.10 Å². The first-order valence-corrected chi connectivity index (χ1v) is 20.1. The normalized spacial score (nSPS) is 19.5. The molecule has 54 heavy (non-hydrogen) atoms. The lowest BCUT2D eigenvalue weighted by atomic mass is 9.90. The van der Waals surface area contributed by atoms with E-state index >= 15 is 0 Å². The molecule has 3 rings (SSSR count). The number of hydrogen-bond donors (Lipinski definition) is 4. The lowest BCUT2D eigenvalue weighted by Crippen LogP contribution is -2.59. The molecule has 2 heterocycles. The molecule has 1 aliphatic heterocycles. The van der Waals surface area contributed by atoms with Gasteiger partial charge in [-0.15, -0.1) is 11.3 Å². The third-order valence-corrected chi connectivity index (χ3v) is 11.6. The second-order valence-corrected chi connectivity index (χ2v) is 16.3. The van der Waals surface area contributed by atoms with E-state index in [0.29, 0.717) is 36.0 Å². The van der Waals surface area contributed by atoms with E-state index in [1.165, 1.54) is 18.3 Å². The number of likely N-dealkylation sites (N-methyl/N-ethyl adjacent to an activating group) is 2. The Morgan fingerprint density at radius 3 is 2.31 bits per heavy atom. The van der Waals surface area contributed by atoms with Gasteiger partial charge in [0.2, 0.25) is 11.8 Å². The second kappa shape index (κ2) is 20.6. The number of carboxylic acid groups (broad SMARTS) is 1. The molecule has 2 aromatic rings. The van der Waals surface area contributed by atoms with Crippen molar-refractivity contribution in [3.63, 3.8) is 0 Å². The number of aliphatic carboxylic acids is 1. The highest BCUT2D eigenvalue weighted by molar-refractivity contribution is 7.09. The van der Waals surface area contributed by atoms with Crippen molar-refractivity contribution >= 4 is 46.7 Å². The van der Waals surface area contributed by atoms with Crippen molar-refractivity contribution in [2.24, 2.45) is 23.7 Å². The van der Waals surface area contributed by atoms with Crippen LogP contribution >= 0.6 is 11.3 Å². The number of hydrogen-bond acceptors (Lipinski definition) is 10. The van der Waals surface area contributed by atoms with Crippen LogP contribution in [0.4, 0.5) is 5.69 Å². The van der Waals surface area contributed by atoms with Crippen LogP contribution in [0.1, 0.15) is 115 Å². The molecule has 1 saturated heterocycles. The van der Waals surface area contributed by atoms with E-state index in [1.54, 1.807) is 29.3 Å². The number of nitrogens with one attached hydrogen (secondary N) is 2. The van der Waals surface area contributed by atoms with Crippen LogP contribution in [0.25, 0.3) is 0 Å². The number of nitrogens with zero attached hydrogens (tertiary/aromatic N) is 3. The summed E-state index contributed by atoms with van der Waals surface area (Å²) >= 11 is 1.18. The second-order valence-electron chi connectivity index (χ2n) is 15.4. The number of ether oxygens (including phenoxy) is 1. The molecule has 0 unspecified atom stereocenters. The van der Waals surface area contributed by atoms with Crippen LogP contribution in [0.3, 0.4) is 0 Å². The minimum absolute atomic E-state index is 0.0568. The van der Waals surface area contributed by atoms with Crippen molar-refractivity contribution in [3.8, 4) is 0 Å². The van der Waals surface area contributed by atoms with Gasteiger partial charge < -0.3 is 31.1 Å². The molecule has 8 atom stereocenters. The molecular formula is C40H62N6O7S. The van der Waals surface area contributed by atoms with Gasteiger partial charge in [-0.05, 0) is 81.6 Å². The average molecular weight is 771 g/mol. The van der Waals surface area contributed by atoms with Gasteiger partial charge in [0, 0.05) is 43.0 Å². The Hall–Kier alpha value is -4.04. The number of carbonyl (C=O) groups excluding carboxylic acids is 4. The lowest BCUT2D eigenvalue weighted by Gasteiger charge is -2.40. The maximum Gasteiger partial charge on any atom is 0.306 e. The number of carbonyl (C=O) groups is 5. The largest absolute Gasteiger partial charge is 0.481 e. The highest BCUT2D eigenvalue weighted by atomic mass is 32.1. The van der Waals surface area contributed by atoms with Gasteiger partial charge >= 0.3 is 11.9 Å². The van der Waals surface area contributed by atoms with Gasteiger partial charge in [-0.2, -0.15) is 0 Å². The smallest absolute Gasteiger partial charge is 0.306 e. The number of aromatic nitrogens is 1. The molecule has 1 aromatic heterocycles. The van der Waals surface area contributed by atoms with E-state index in [0.717, 1.165) is 24.9 Å². The highest BCUT2D eigenvalue weighted by Crippen LogP contribution is 2.32. The SMILES string of the molecule is CC[C@H](C)[C@H](NC(=O)[C@H]1C[C@H](C)CCN1C)C(=O)N(CC)[C@H](C[C@@H](OC(C)=O)c1nc(C(=O)N[C@@H](Cc2ccc(N)cc2)C[C@H](C)C(=O)O)cs1)C(C)C. The van der Waals surface area contributed by atoms with Crippen molar-refractivity contribution in [2.45, 2.75) is 124 Å². The van der Waals surface area contributed by atoms with Crippen molar-refractivity contribution in [1.29, 1.82) is 0 Å². The highest BCUT2D eigenvalue weighted by Gasteiger charge is 2.39. The fourth-order valence-electron chi connectivity index (χ4n) is 7.07. The zero-order chi connectivity index (χ0) is 40.3. The van der Waals surface area contributed by atoms with Crippen LogP contribution in [0.2, 0.25) is 0 Å². The molecule has 0 bridgehead atoms. The third kappa shape index (κ3) is 12.5. The van der Waals surface area contributed by atoms with Crippen LogP contribution in [0.5, 0.6) is 0 Å². The summed E-state index contributed by atoms with van der Waals surface area (Å²) in [6.45, 7) is 16.1. The molecule has 3 amide bonds. The Balaban J connectivity index is 1.85. The maximum atomic E-state index is 14.5. The number of likely N-dealkylation sites (tertiary alicyclic amines) is 1. The number of rotatable bonds is 19. The number of amides is 3. The molecular weight excluding hydrogens is 709 g/mol. The first kappa shape index (κ1) is 44.4. The summed E-state index contributed by atoms with van der Waals surface area (Å²) < 4.78 is 5.82. The number of thiazole rings is 1. The van der Waals surface area contributed by atoms with Crippen LogP contribution in [0.15, 0.2) is 29.6 Å². The molecule has 5 N–H and O–H groups in total. The molecule has 14 heteroatoms. The average Bonchev–Trinajstić information content (AvgIpc) is 3.62. The zero-order valence-corrected chi connectivity index (χ0v) is 34.3. The first-order chi connectivity index (χ1) is 25.4. The summed E-state index contributed by atoms with van der Waals surface area (Å²) in [5, 5.41) is 17.7.